The van der Waals surface area contributed by atoms with Crippen molar-refractivity contribution < 1.29 is 13.9 Å². The summed E-state index contributed by atoms with van der Waals surface area (Å²) in [5, 5.41) is 0.414. The predicted octanol–water partition coefficient (Wildman–Crippen LogP) is 3.89. The maximum Gasteiger partial charge on any atom is 0.312 e. The van der Waals surface area contributed by atoms with Crippen molar-refractivity contribution in [1.82, 2.24) is 0 Å². The first kappa shape index (κ1) is 14.0. The molecule has 1 aliphatic heterocycles. The zero-order valence-electron chi connectivity index (χ0n) is 11.9. The number of hydrogen-bond donors (Lipinski definition) is 0. The van der Waals surface area contributed by atoms with Crippen molar-refractivity contribution in [3.05, 3.63) is 75.1 Å². The third-order valence-electron chi connectivity index (χ3n) is 4.04. The first-order valence-corrected chi connectivity index (χ1v) is 7.52. The number of hydrogen-bond acceptors (Lipinski definition) is 4. The molecule has 0 bridgehead atoms. The van der Waals surface area contributed by atoms with Crippen molar-refractivity contribution in [2.75, 3.05) is 0 Å². The molecule has 0 saturated carbocycles. The Labute approximate surface area is 136 Å². The third kappa shape index (κ3) is 2.23. The molecule has 5 heteroatoms. The molecule has 114 valence electrons. The minimum absolute atomic E-state index is 0.0292. The molecule has 1 aliphatic rings. The summed E-state index contributed by atoms with van der Waals surface area (Å²) in [4.78, 5) is 24.2. The molecule has 2 aromatic carbocycles. The molecule has 0 saturated heterocycles. The minimum atomic E-state index is -0.304. The summed E-state index contributed by atoms with van der Waals surface area (Å²) in [6, 6.07) is 12.8. The van der Waals surface area contributed by atoms with Crippen LogP contribution in [0.4, 0.5) is 0 Å². The summed E-state index contributed by atoms with van der Waals surface area (Å²) in [6.07, 6.45) is 1.42. The van der Waals surface area contributed by atoms with Gasteiger partial charge >= 0.3 is 5.97 Å². The molecule has 4 rings (SSSR count). The molecule has 0 amide bonds. The van der Waals surface area contributed by atoms with Crippen LogP contribution in [0.1, 0.15) is 23.5 Å². The lowest BCUT2D eigenvalue weighted by molar-refractivity contribution is -0.135. The smallest absolute Gasteiger partial charge is 0.312 e. The molecule has 0 aliphatic carbocycles. The largest absolute Gasteiger partial charge is 0.462 e. The van der Waals surface area contributed by atoms with Crippen molar-refractivity contribution in [3.8, 4) is 5.75 Å². The van der Waals surface area contributed by atoms with Gasteiger partial charge in [-0.25, -0.2) is 0 Å². The Bertz CT molecular complexity index is 975. The third-order valence-corrected chi connectivity index (χ3v) is 4.30. The first-order chi connectivity index (χ1) is 11.1. The zero-order valence-corrected chi connectivity index (χ0v) is 12.7. The predicted molar refractivity (Wildman–Crippen MR) is 86.0 cm³/mol. The van der Waals surface area contributed by atoms with Crippen LogP contribution in [0.2, 0.25) is 5.02 Å². The van der Waals surface area contributed by atoms with Crippen LogP contribution in [0.5, 0.6) is 5.75 Å². The van der Waals surface area contributed by atoms with E-state index in [1.807, 2.05) is 30.3 Å². The number of carbonyl (C=O) groups is 1. The zero-order chi connectivity index (χ0) is 16.0. The lowest BCUT2D eigenvalue weighted by Gasteiger charge is -2.25. The van der Waals surface area contributed by atoms with E-state index in [0.717, 1.165) is 5.56 Å². The van der Waals surface area contributed by atoms with Gasteiger partial charge in [-0.15, -0.1) is 0 Å². The fourth-order valence-corrected chi connectivity index (χ4v) is 3.15. The second kappa shape index (κ2) is 5.25. The van der Waals surface area contributed by atoms with Gasteiger partial charge in [0.05, 0.1) is 11.8 Å². The topological polar surface area (TPSA) is 56.5 Å². The molecule has 23 heavy (non-hydrogen) atoms. The molecular weight excluding hydrogens is 316 g/mol. The van der Waals surface area contributed by atoms with Crippen LogP contribution in [0.3, 0.4) is 0 Å². The number of halogens is 1. The second-order valence-corrected chi connectivity index (χ2v) is 5.82. The van der Waals surface area contributed by atoms with Gasteiger partial charge in [-0.2, -0.15) is 0 Å². The molecule has 0 unspecified atom stereocenters. The van der Waals surface area contributed by atoms with E-state index in [-0.39, 0.29) is 28.8 Å². The number of benzene rings is 2. The number of carbonyl (C=O) groups excluding carboxylic acids is 1. The van der Waals surface area contributed by atoms with Gasteiger partial charge in [0, 0.05) is 11.5 Å². The van der Waals surface area contributed by atoms with Gasteiger partial charge in [-0.05, 0) is 17.7 Å². The average Bonchev–Trinajstić information content (AvgIpc) is 2.57. The highest BCUT2D eigenvalue weighted by Gasteiger charge is 2.31. The van der Waals surface area contributed by atoms with Crippen LogP contribution in [0.15, 0.2) is 57.9 Å². The Balaban J connectivity index is 2.05. The molecule has 1 aromatic heterocycles. The van der Waals surface area contributed by atoms with Crippen molar-refractivity contribution in [3.63, 3.8) is 0 Å². The van der Waals surface area contributed by atoms with Gasteiger partial charge in [-0.1, -0.05) is 41.9 Å². The Hall–Kier alpha value is -2.59. The molecule has 0 N–H and O–H groups in total. The highest BCUT2D eigenvalue weighted by atomic mass is 35.5. The molecule has 4 nitrogen and oxygen atoms in total. The standard InChI is InChI=1S/C18H11ClO4/c19-13-9-22-18-11(17(13)21)6-7-14-16(18)12(8-15(20)23-14)10-4-2-1-3-5-10/h1-7,9,12H,8H2/t12-/m0/s1. The summed E-state index contributed by atoms with van der Waals surface area (Å²) in [7, 11) is 0. The number of fused-ring (bicyclic) bond motifs is 3. The van der Waals surface area contributed by atoms with Crippen LogP contribution in [-0.2, 0) is 4.79 Å². The fourth-order valence-electron chi connectivity index (χ4n) is 3.00. The van der Waals surface area contributed by atoms with Gasteiger partial charge in [0.25, 0.3) is 0 Å². The van der Waals surface area contributed by atoms with Gasteiger partial charge in [-0.3, -0.25) is 9.59 Å². The van der Waals surface area contributed by atoms with E-state index in [1.165, 1.54) is 6.26 Å². The van der Waals surface area contributed by atoms with Gasteiger partial charge in [0.15, 0.2) is 0 Å². The summed E-state index contributed by atoms with van der Waals surface area (Å²) < 4.78 is 10.9. The van der Waals surface area contributed by atoms with E-state index in [1.54, 1.807) is 12.1 Å². The van der Waals surface area contributed by atoms with Crippen LogP contribution in [0.25, 0.3) is 11.0 Å². The summed E-state index contributed by atoms with van der Waals surface area (Å²) in [5.41, 5.74) is 1.80. The number of esters is 1. The van der Waals surface area contributed by atoms with Crippen LogP contribution in [0, 0.1) is 0 Å². The highest BCUT2D eigenvalue weighted by molar-refractivity contribution is 6.30. The SMILES string of the molecule is O=C1C[C@@H](c2ccccc2)c2c(ccc3c(=O)c(Cl)coc23)O1. The average molecular weight is 327 g/mol. The van der Waals surface area contributed by atoms with E-state index in [9.17, 15) is 9.59 Å². The first-order valence-electron chi connectivity index (χ1n) is 7.14. The Morgan fingerprint density at radius 1 is 1.04 bits per heavy atom. The molecule has 1 atom stereocenters. The molecular formula is C18H11ClO4. The molecule has 3 aromatic rings. The van der Waals surface area contributed by atoms with E-state index in [0.29, 0.717) is 22.3 Å². The lowest BCUT2D eigenvalue weighted by Crippen LogP contribution is -2.21. The number of rotatable bonds is 1. The lowest BCUT2D eigenvalue weighted by atomic mass is 9.85. The van der Waals surface area contributed by atoms with Gasteiger partial charge < -0.3 is 9.15 Å². The molecule has 0 radical (unpaired) electrons. The second-order valence-electron chi connectivity index (χ2n) is 5.41. The van der Waals surface area contributed by atoms with E-state index < -0.39 is 0 Å². The van der Waals surface area contributed by atoms with Gasteiger partial charge in [0.2, 0.25) is 5.43 Å². The molecule has 0 spiro atoms. The highest BCUT2D eigenvalue weighted by Crippen LogP contribution is 2.42. The van der Waals surface area contributed by atoms with Crippen LogP contribution >= 0.6 is 11.6 Å². The Kier molecular flexibility index (Phi) is 3.20. The maximum absolute atomic E-state index is 12.2. The molecule has 0 fully saturated rings. The maximum atomic E-state index is 12.2. The normalized spacial score (nSPS) is 16.9. The van der Waals surface area contributed by atoms with E-state index >= 15 is 0 Å². The quantitative estimate of drug-likeness (QED) is 0.503. The van der Waals surface area contributed by atoms with Crippen molar-refractivity contribution >= 4 is 28.5 Å². The van der Waals surface area contributed by atoms with E-state index in [4.69, 9.17) is 20.8 Å². The Morgan fingerprint density at radius 3 is 2.61 bits per heavy atom. The summed E-state index contributed by atoms with van der Waals surface area (Å²) >= 11 is 5.86. The minimum Gasteiger partial charge on any atom is -0.462 e. The summed E-state index contributed by atoms with van der Waals surface area (Å²) in [5.74, 6) is -0.101. The van der Waals surface area contributed by atoms with Crippen molar-refractivity contribution in [1.29, 1.82) is 0 Å². The molecule has 2 heterocycles. The summed E-state index contributed by atoms with van der Waals surface area (Å²) in [6.45, 7) is 0. The van der Waals surface area contributed by atoms with E-state index in [2.05, 4.69) is 0 Å². The van der Waals surface area contributed by atoms with Crippen LogP contribution in [-0.4, -0.2) is 5.97 Å². The number of ether oxygens (including phenoxy) is 1. The van der Waals surface area contributed by atoms with Crippen molar-refractivity contribution in [2.24, 2.45) is 0 Å². The monoisotopic (exact) mass is 326 g/mol. The Morgan fingerprint density at radius 2 is 1.83 bits per heavy atom. The fraction of sp³-hybridized carbons (Fsp3) is 0.111. The van der Waals surface area contributed by atoms with Crippen LogP contribution < -0.4 is 10.2 Å². The van der Waals surface area contributed by atoms with Crippen molar-refractivity contribution in [2.45, 2.75) is 12.3 Å². The van der Waals surface area contributed by atoms with Gasteiger partial charge in [0.1, 0.15) is 22.6 Å².